The Morgan fingerprint density at radius 3 is 1.27 bits per heavy atom. The number of pyridine rings is 1. The molecule has 52 heavy (non-hydrogen) atoms. The minimum atomic E-state index is 0.596. The number of rotatable bonds is 7. The van der Waals surface area contributed by atoms with E-state index in [1.807, 2.05) is 30.5 Å². The standard InChI is InChI=1S/C48H32N4/c1-4-14-33(15-5-1)37-21-12-23-39(28-37)46-50-47(40-24-13-22-38(29-40)45-44-25-11-10-20-36(44)26-27-49-45)52-48(51-46)43-31-41(34-16-6-2-7-17-34)30-42(32-43)35-18-8-3-9-19-35/h1-32H. The zero-order valence-electron chi connectivity index (χ0n) is 28.3. The van der Waals surface area contributed by atoms with E-state index in [9.17, 15) is 0 Å². The van der Waals surface area contributed by atoms with Crippen molar-refractivity contribution in [2.75, 3.05) is 0 Å². The van der Waals surface area contributed by atoms with E-state index in [2.05, 4.69) is 164 Å². The third-order valence-corrected chi connectivity index (χ3v) is 9.34. The van der Waals surface area contributed by atoms with E-state index in [0.29, 0.717) is 17.5 Å². The van der Waals surface area contributed by atoms with E-state index >= 15 is 0 Å². The molecular formula is C48H32N4. The van der Waals surface area contributed by atoms with Crippen LogP contribution in [0.25, 0.3) is 89.6 Å². The van der Waals surface area contributed by atoms with Gasteiger partial charge in [0.15, 0.2) is 17.5 Å². The molecular weight excluding hydrogens is 633 g/mol. The number of hydrogen-bond acceptors (Lipinski definition) is 4. The number of aromatic nitrogens is 4. The molecule has 2 heterocycles. The molecule has 0 fully saturated rings. The van der Waals surface area contributed by atoms with Crippen molar-refractivity contribution in [1.29, 1.82) is 0 Å². The summed E-state index contributed by atoms with van der Waals surface area (Å²) >= 11 is 0. The minimum absolute atomic E-state index is 0.596. The van der Waals surface area contributed by atoms with Gasteiger partial charge in [0.1, 0.15) is 0 Å². The van der Waals surface area contributed by atoms with Gasteiger partial charge in [-0.1, -0.05) is 152 Å². The summed E-state index contributed by atoms with van der Waals surface area (Å²) in [6.45, 7) is 0. The van der Waals surface area contributed by atoms with Crippen LogP contribution in [0.3, 0.4) is 0 Å². The van der Waals surface area contributed by atoms with Gasteiger partial charge in [-0.05, 0) is 75.2 Å². The van der Waals surface area contributed by atoms with Crippen LogP contribution >= 0.6 is 0 Å². The van der Waals surface area contributed by atoms with Gasteiger partial charge >= 0.3 is 0 Å². The Kier molecular flexibility index (Phi) is 8.16. The zero-order chi connectivity index (χ0) is 34.7. The van der Waals surface area contributed by atoms with Gasteiger partial charge in [0.05, 0.1) is 5.69 Å². The summed E-state index contributed by atoms with van der Waals surface area (Å²) in [5.74, 6) is 1.81. The van der Waals surface area contributed by atoms with Gasteiger partial charge in [0.25, 0.3) is 0 Å². The Labute approximate surface area is 302 Å². The van der Waals surface area contributed by atoms with E-state index in [1.54, 1.807) is 0 Å². The van der Waals surface area contributed by atoms with Crippen LogP contribution in [0.4, 0.5) is 0 Å². The molecule has 2 aromatic heterocycles. The first kappa shape index (κ1) is 31.0. The molecule has 0 radical (unpaired) electrons. The zero-order valence-corrected chi connectivity index (χ0v) is 28.3. The molecule has 7 aromatic carbocycles. The summed E-state index contributed by atoms with van der Waals surface area (Å²) in [6.07, 6.45) is 1.87. The van der Waals surface area contributed by atoms with Gasteiger partial charge in [0.2, 0.25) is 0 Å². The highest BCUT2D eigenvalue weighted by molar-refractivity contribution is 5.95. The van der Waals surface area contributed by atoms with Crippen molar-refractivity contribution in [3.63, 3.8) is 0 Å². The summed E-state index contributed by atoms with van der Waals surface area (Å²) in [5, 5.41) is 2.25. The fourth-order valence-corrected chi connectivity index (χ4v) is 6.74. The van der Waals surface area contributed by atoms with Crippen molar-refractivity contribution >= 4 is 10.8 Å². The van der Waals surface area contributed by atoms with Crippen molar-refractivity contribution in [1.82, 2.24) is 19.9 Å². The molecule has 4 heteroatoms. The van der Waals surface area contributed by atoms with E-state index in [-0.39, 0.29) is 0 Å². The maximum atomic E-state index is 5.20. The predicted octanol–water partition coefficient (Wildman–Crippen LogP) is 12.1. The minimum Gasteiger partial charge on any atom is -0.256 e. The van der Waals surface area contributed by atoms with Crippen LogP contribution in [0.15, 0.2) is 194 Å². The van der Waals surface area contributed by atoms with Crippen molar-refractivity contribution in [3.8, 4) is 78.8 Å². The number of fused-ring (bicyclic) bond motifs is 1. The Morgan fingerprint density at radius 2 is 0.673 bits per heavy atom. The second-order valence-electron chi connectivity index (χ2n) is 12.7. The molecule has 0 aliphatic rings. The summed E-state index contributed by atoms with van der Waals surface area (Å²) in [4.78, 5) is 20.3. The normalized spacial score (nSPS) is 11.1. The lowest BCUT2D eigenvalue weighted by Gasteiger charge is -2.13. The molecule has 0 saturated heterocycles. The second kappa shape index (κ2) is 13.7. The van der Waals surface area contributed by atoms with E-state index in [1.165, 1.54) is 0 Å². The van der Waals surface area contributed by atoms with Crippen molar-refractivity contribution < 1.29 is 0 Å². The molecule has 0 bridgehead atoms. The maximum Gasteiger partial charge on any atom is 0.164 e. The van der Waals surface area contributed by atoms with Crippen LogP contribution in [0.5, 0.6) is 0 Å². The fourth-order valence-electron chi connectivity index (χ4n) is 6.74. The van der Waals surface area contributed by atoms with Crippen LogP contribution in [-0.4, -0.2) is 19.9 Å². The van der Waals surface area contributed by atoms with Gasteiger partial charge in [-0.25, -0.2) is 15.0 Å². The average molecular weight is 665 g/mol. The topological polar surface area (TPSA) is 51.6 Å². The first-order chi connectivity index (χ1) is 25.7. The smallest absolute Gasteiger partial charge is 0.164 e. The molecule has 0 unspecified atom stereocenters. The lowest BCUT2D eigenvalue weighted by Crippen LogP contribution is -2.01. The molecule has 0 atom stereocenters. The third kappa shape index (κ3) is 6.26. The van der Waals surface area contributed by atoms with Gasteiger partial charge in [0, 0.05) is 33.8 Å². The fraction of sp³-hybridized carbons (Fsp3) is 0. The van der Waals surface area contributed by atoms with Gasteiger partial charge in [-0.2, -0.15) is 0 Å². The van der Waals surface area contributed by atoms with E-state index in [4.69, 9.17) is 19.9 Å². The maximum absolute atomic E-state index is 5.20. The molecule has 9 rings (SSSR count). The van der Waals surface area contributed by atoms with Gasteiger partial charge in [-0.15, -0.1) is 0 Å². The molecule has 0 N–H and O–H groups in total. The van der Waals surface area contributed by atoms with Crippen molar-refractivity contribution in [2.45, 2.75) is 0 Å². The van der Waals surface area contributed by atoms with Crippen LogP contribution in [-0.2, 0) is 0 Å². The molecule has 4 nitrogen and oxygen atoms in total. The highest BCUT2D eigenvalue weighted by Gasteiger charge is 2.16. The number of hydrogen-bond donors (Lipinski definition) is 0. The van der Waals surface area contributed by atoms with Crippen LogP contribution in [0.1, 0.15) is 0 Å². The second-order valence-corrected chi connectivity index (χ2v) is 12.7. The number of benzene rings is 7. The molecule has 9 aromatic rings. The van der Waals surface area contributed by atoms with E-state index in [0.717, 1.165) is 72.1 Å². The molecule has 0 aliphatic heterocycles. The molecule has 244 valence electrons. The highest BCUT2D eigenvalue weighted by atomic mass is 15.0. The van der Waals surface area contributed by atoms with Gasteiger partial charge < -0.3 is 0 Å². The Balaban J connectivity index is 1.25. The first-order valence-electron chi connectivity index (χ1n) is 17.4. The number of nitrogens with zero attached hydrogens (tertiary/aromatic N) is 4. The van der Waals surface area contributed by atoms with Crippen LogP contribution in [0.2, 0.25) is 0 Å². The summed E-state index contributed by atoms with van der Waals surface area (Å²) in [5.41, 5.74) is 11.3. The monoisotopic (exact) mass is 664 g/mol. The predicted molar refractivity (Wildman–Crippen MR) is 213 cm³/mol. The quantitative estimate of drug-likeness (QED) is 0.170. The third-order valence-electron chi connectivity index (χ3n) is 9.34. The summed E-state index contributed by atoms with van der Waals surface area (Å²) in [6, 6.07) is 65.1. The first-order valence-corrected chi connectivity index (χ1v) is 17.4. The largest absolute Gasteiger partial charge is 0.256 e. The Hall–Kier alpha value is -7.04. The molecule has 0 amide bonds. The van der Waals surface area contributed by atoms with Crippen molar-refractivity contribution in [3.05, 3.63) is 194 Å². The Bertz CT molecular complexity index is 2610. The lowest BCUT2D eigenvalue weighted by molar-refractivity contribution is 1.07. The molecule has 0 aliphatic carbocycles. The van der Waals surface area contributed by atoms with Gasteiger partial charge in [-0.3, -0.25) is 4.98 Å². The Morgan fingerprint density at radius 1 is 0.269 bits per heavy atom. The summed E-state index contributed by atoms with van der Waals surface area (Å²) < 4.78 is 0. The SMILES string of the molecule is c1ccc(-c2cccc(-c3nc(-c4cc(-c5ccccc5)cc(-c5ccccc5)c4)nc(-c4cccc(-c5nccc6ccccc56)c4)n3)c2)cc1. The molecule has 0 saturated carbocycles. The average Bonchev–Trinajstić information content (AvgIpc) is 3.24. The summed E-state index contributed by atoms with van der Waals surface area (Å²) in [7, 11) is 0. The van der Waals surface area contributed by atoms with Crippen LogP contribution < -0.4 is 0 Å². The highest BCUT2D eigenvalue weighted by Crippen LogP contribution is 2.35. The van der Waals surface area contributed by atoms with Crippen molar-refractivity contribution in [2.24, 2.45) is 0 Å². The lowest BCUT2D eigenvalue weighted by atomic mass is 9.95. The van der Waals surface area contributed by atoms with E-state index < -0.39 is 0 Å². The molecule has 0 spiro atoms. The van der Waals surface area contributed by atoms with Crippen LogP contribution in [0, 0.1) is 0 Å².